The van der Waals surface area contributed by atoms with Gasteiger partial charge in [-0.3, -0.25) is 9.52 Å². The van der Waals surface area contributed by atoms with E-state index in [0.29, 0.717) is 21.3 Å². The minimum absolute atomic E-state index is 0.136. The highest BCUT2D eigenvalue weighted by Gasteiger charge is 2.18. The molecule has 1 aromatic carbocycles. The lowest BCUT2D eigenvalue weighted by molar-refractivity contribution is -0.114. The number of thiophene rings is 1. The van der Waals surface area contributed by atoms with Gasteiger partial charge in [0.25, 0.3) is 10.0 Å². The summed E-state index contributed by atoms with van der Waals surface area (Å²) in [6.07, 6.45) is 0. The van der Waals surface area contributed by atoms with E-state index in [1.54, 1.807) is 25.1 Å². The summed E-state index contributed by atoms with van der Waals surface area (Å²) in [6.45, 7) is 3.12. The van der Waals surface area contributed by atoms with E-state index in [4.69, 9.17) is 11.6 Å². The number of benzene rings is 1. The number of sulfonamides is 1. The van der Waals surface area contributed by atoms with Crippen molar-refractivity contribution in [1.82, 2.24) is 0 Å². The molecule has 0 saturated heterocycles. The Kier molecular flexibility index (Phi) is 4.55. The second kappa shape index (κ2) is 6.05. The Hall–Kier alpha value is -1.57. The van der Waals surface area contributed by atoms with E-state index in [1.165, 1.54) is 19.1 Å². The summed E-state index contributed by atoms with van der Waals surface area (Å²) in [5.74, 6) is -0.219. The molecule has 0 aliphatic carbocycles. The van der Waals surface area contributed by atoms with Crippen molar-refractivity contribution in [3.05, 3.63) is 40.2 Å². The van der Waals surface area contributed by atoms with Gasteiger partial charge in [-0.2, -0.15) is 0 Å². The van der Waals surface area contributed by atoms with Crippen LogP contribution in [0.15, 0.2) is 34.5 Å². The van der Waals surface area contributed by atoms with Gasteiger partial charge in [-0.25, -0.2) is 8.42 Å². The van der Waals surface area contributed by atoms with Crippen LogP contribution < -0.4 is 10.0 Å². The molecule has 0 aliphatic rings. The molecule has 2 aromatic rings. The summed E-state index contributed by atoms with van der Waals surface area (Å²) in [7, 11) is -3.69. The van der Waals surface area contributed by atoms with Crippen molar-refractivity contribution in [2.75, 3.05) is 10.0 Å². The molecule has 5 nitrogen and oxygen atoms in total. The first-order valence-corrected chi connectivity index (χ1v) is 8.63. The number of nitrogens with one attached hydrogen (secondary N) is 2. The minimum atomic E-state index is -3.69. The van der Waals surface area contributed by atoms with Crippen molar-refractivity contribution in [2.45, 2.75) is 18.1 Å². The predicted octanol–water partition coefficient (Wildman–Crippen LogP) is 3.47. The van der Waals surface area contributed by atoms with Crippen LogP contribution in [-0.4, -0.2) is 14.3 Å². The molecule has 0 atom stereocenters. The number of anilines is 2. The van der Waals surface area contributed by atoms with E-state index in [-0.39, 0.29) is 10.1 Å². The zero-order chi connectivity index (χ0) is 15.6. The summed E-state index contributed by atoms with van der Waals surface area (Å²) in [5, 5.41) is 2.65. The van der Waals surface area contributed by atoms with Gasteiger partial charge >= 0.3 is 0 Å². The second-order valence-electron chi connectivity index (χ2n) is 4.32. The number of hydrogen-bond acceptors (Lipinski definition) is 4. The molecule has 0 bridgehead atoms. The highest BCUT2D eigenvalue weighted by molar-refractivity contribution is 7.94. The summed E-state index contributed by atoms with van der Waals surface area (Å²) in [4.78, 5) is 11.1. The van der Waals surface area contributed by atoms with Crippen LogP contribution in [0.2, 0.25) is 4.34 Å². The first kappa shape index (κ1) is 15.8. The molecule has 1 amide bonds. The topological polar surface area (TPSA) is 75.3 Å². The van der Waals surface area contributed by atoms with Crippen molar-refractivity contribution < 1.29 is 13.2 Å². The van der Waals surface area contributed by atoms with Crippen LogP contribution in [0.5, 0.6) is 0 Å². The van der Waals surface area contributed by atoms with Gasteiger partial charge < -0.3 is 5.32 Å². The zero-order valence-electron chi connectivity index (χ0n) is 11.3. The second-order valence-corrected chi connectivity index (χ2v) is 7.95. The van der Waals surface area contributed by atoms with Gasteiger partial charge in [-0.15, -0.1) is 11.3 Å². The molecule has 0 unspecified atom stereocenters. The molecule has 21 heavy (non-hydrogen) atoms. The maximum atomic E-state index is 12.3. The third-order valence-electron chi connectivity index (χ3n) is 2.70. The Labute approximate surface area is 132 Å². The average molecular weight is 345 g/mol. The first-order chi connectivity index (χ1) is 9.79. The number of amides is 1. The average Bonchev–Trinajstić information content (AvgIpc) is 2.81. The predicted molar refractivity (Wildman–Crippen MR) is 85.6 cm³/mol. The van der Waals surface area contributed by atoms with Crippen LogP contribution in [-0.2, 0) is 14.8 Å². The van der Waals surface area contributed by atoms with Crippen molar-refractivity contribution in [2.24, 2.45) is 0 Å². The van der Waals surface area contributed by atoms with E-state index in [9.17, 15) is 13.2 Å². The minimum Gasteiger partial charge on any atom is -0.326 e. The van der Waals surface area contributed by atoms with Gasteiger partial charge in [-0.05, 0) is 36.8 Å². The van der Waals surface area contributed by atoms with Crippen LogP contribution in [0.25, 0.3) is 0 Å². The fourth-order valence-corrected chi connectivity index (χ4v) is 4.31. The lowest BCUT2D eigenvalue weighted by Crippen LogP contribution is -2.14. The maximum Gasteiger partial charge on any atom is 0.271 e. The quantitative estimate of drug-likeness (QED) is 0.891. The van der Waals surface area contributed by atoms with Crippen molar-refractivity contribution in [3.63, 3.8) is 0 Å². The Morgan fingerprint density at radius 3 is 2.43 bits per heavy atom. The standard InChI is InChI=1S/C13H13ClN2O3S2/c1-8-10(15-9(2)17)4-3-5-11(8)16-21(18,19)13-7-6-12(14)20-13/h3-7,16H,1-2H3,(H,15,17). The lowest BCUT2D eigenvalue weighted by atomic mass is 10.1. The largest absolute Gasteiger partial charge is 0.326 e. The van der Waals surface area contributed by atoms with Crippen molar-refractivity contribution >= 4 is 50.2 Å². The molecule has 0 spiro atoms. The molecule has 0 aliphatic heterocycles. The van der Waals surface area contributed by atoms with Gasteiger partial charge in [-0.1, -0.05) is 17.7 Å². The summed E-state index contributed by atoms with van der Waals surface area (Å²) < 4.78 is 27.5. The molecular weight excluding hydrogens is 332 g/mol. The number of halogens is 1. The van der Waals surface area contributed by atoms with Crippen LogP contribution in [0.1, 0.15) is 12.5 Å². The Bertz CT molecular complexity index is 784. The molecule has 0 fully saturated rings. The van der Waals surface area contributed by atoms with Crippen molar-refractivity contribution in [1.29, 1.82) is 0 Å². The maximum absolute atomic E-state index is 12.3. The van der Waals surface area contributed by atoms with Gasteiger partial charge in [0.1, 0.15) is 4.21 Å². The Morgan fingerprint density at radius 2 is 1.86 bits per heavy atom. The van der Waals surface area contributed by atoms with Crippen molar-refractivity contribution in [3.8, 4) is 0 Å². The van der Waals surface area contributed by atoms with Crippen LogP contribution in [0.3, 0.4) is 0 Å². The number of hydrogen-bond donors (Lipinski definition) is 2. The first-order valence-electron chi connectivity index (χ1n) is 5.95. The monoisotopic (exact) mass is 344 g/mol. The fourth-order valence-electron chi connectivity index (χ4n) is 1.71. The normalized spacial score (nSPS) is 11.2. The molecule has 2 rings (SSSR count). The molecule has 0 saturated carbocycles. The van der Waals surface area contributed by atoms with Gasteiger partial charge in [0.2, 0.25) is 5.91 Å². The fraction of sp³-hybridized carbons (Fsp3) is 0.154. The summed E-state index contributed by atoms with van der Waals surface area (Å²) in [6, 6.07) is 7.98. The zero-order valence-corrected chi connectivity index (χ0v) is 13.7. The van der Waals surface area contributed by atoms with E-state index < -0.39 is 10.0 Å². The number of rotatable bonds is 4. The van der Waals surface area contributed by atoms with E-state index in [1.807, 2.05) is 0 Å². The van der Waals surface area contributed by atoms with E-state index >= 15 is 0 Å². The van der Waals surface area contributed by atoms with Crippen LogP contribution in [0.4, 0.5) is 11.4 Å². The molecule has 8 heteroatoms. The number of carbonyl (C=O) groups is 1. The van der Waals surface area contributed by atoms with E-state index in [2.05, 4.69) is 10.0 Å². The summed E-state index contributed by atoms with van der Waals surface area (Å²) in [5.41, 5.74) is 1.61. The number of carbonyl (C=O) groups excluding carboxylic acids is 1. The van der Waals surface area contributed by atoms with Gasteiger partial charge in [0, 0.05) is 12.6 Å². The van der Waals surface area contributed by atoms with Gasteiger partial charge in [0.05, 0.1) is 10.0 Å². The third kappa shape index (κ3) is 3.75. The SMILES string of the molecule is CC(=O)Nc1cccc(NS(=O)(=O)c2ccc(Cl)s2)c1C. The van der Waals surface area contributed by atoms with Gasteiger partial charge in [0.15, 0.2) is 0 Å². The highest BCUT2D eigenvalue weighted by atomic mass is 35.5. The molecule has 1 heterocycles. The third-order valence-corrected chi connectivity index (χ3v) is 5.79. The molecule has 112 valence electrons. The molecule has 2 N–H and O–H groups in total. The lowest BCUT2D eigenvalue weighted by Gasteiger charge is -2.13. The smallest absolute Gasteiger partial charge is 0.271 e. The molecular formula is C13H13ClN2O3S2. The molecule has 0 radical (unpaired) electrons. The van der Waals surface area contributed by atoms with Crippen LogP contribution >= 0.6 is 22.9 Å². The van der Waals surface area contributed by atoms with Crippen LogP contribution in [0, 0.1) is 6.92 Å². The highest BCUT2D eigenvalue weighted by Crippen LogP contribution is 2.29. The van der Waals surface area contributed by atoms with E-state index in [0.717, 1.165) is 11.3 Å². The Balaban J connectivity index is 2.33. The molecule has 1 aromatic heterocycles. The summed E-state index contributed by atoms with van der Waals surface area (Å²) >= 11 is 6.74. The Morgan fingerprint density at radius 1 is 1.19 bits per heavy atom.